The monoisotopic (exact) mass is 338 g/mol. The second-order valence-electron chi connectivity index (χ2n) is 5.49. The minimum Gasteiger partial charge on any atom is -0.495 e. The summed E-state index contributed by atoms with van der Waals surface area (Å²) in [6.07, 6.45) is 0. The molecule has 0 saturated carbocycles. The number of amides is 1. The molecule has 0 saturated heterocycles. The molecule has 1 N–H and O–H groups in total. The Bertz CT molecular complexity index is 887. The second-order valence-corrected chi connectivity index (χ2v) is 6.55. The summed E-state index contributed by atoms with van der Waals surface area (Å²) in [6.45, 7) is 3.94. The molecule has 3 aromatic rings. The van der Waals surface area contributed by atoms with Crippen LogP contribution < -0.4 is 10.1 Å². The first-order valence-electron chi connectivity index (χ1n) is 7.55. The third-order valence-corrected chi connectivity index (χ3v) is 4.42. The van der Waals surface area contributed by atoms with Crippen molar-refractivity contribution in [3.05, 3.63) is 64.0 Å². The molecular formula is C19H18N2O2S. The molecule has 0 fully saturated rings. The highest BCUT2D eigenvalue weighted by atomic mass is 32.1. The Kier molecular flexibility index (Phi) is 4.62. The van der Waals surface area contributed by atoms with E-state index in [2.05, 4.69) is 10.3 Å². The van der Waals surface area contributed by atoms with E-state index >= 15 is 0 Å². The molecule has 2 aromatic carbocycles. The van der Waals surface area contributed by atoms with Gasteiger partial charge in [0.05, 0.1) is 23.5 Å². The average Bonchev–Trinajstić information content (AvgIpc) is 3.02. The molecule has 1 heterocycles. The SMILES string of the molecule is COc1ccc(C)cc1NC(=O)c1cccc(-c2csc(C)n2)c1. The van der Waals surface area contributed by atoms with Crippen molar-refractivity contribution in [2.24, 2.45) is 0 Å². The van der Waals surface area contributed by atoms with Crippen molar-refractivity contribution in [3.63, 3.8) is 0 Å². The fraction of sp³-hybridized carbons (Fsp3) is 0.158. The normalized spacial score (nSPS) is 10.5. The highest BCUT2D eigenvalue weighted by molar-refractivity contribution is 7.09. The number of nitrogens with zero attached hydrogens (tertiary/aromatic N) is 1. The molecular weight excluding hydrogens is 320 g/mol. The van der Waals surface area contributed by atoms with Crippen molar-refractivity contribution in [2.75, 3.05) is 12.4 Å². The summed E-state index contributed by atoms with van der Waals surface area (Å²) in [6, 6.07) is 13.2. The molecule has 4 nitrogen and oxygen atoms in total. The molecule has 1 amide bonds. The summed E-state index contributed by atoms with van der Waals surface area (Å²) in [4.78, 5) is 17.1. The first-order chi connectivity index (χ1) is 11.6. The standard InChI is InChI=1S/C19H18N2O2S/c1-12-7-8-18(23-3)16(9-12)21-19(22)15-6-4-5-14(10-15)17-11-24-13(2)20-17/h4-11H,1-3H3,(H,21,22). The quantitative estimate of drug-likeness (QED) is 0.751. The Labute approximate surface area is 145 Å². The van der Waals surface area contributed by atoms with Crippen LogP contribution in [0.15, 0.2) is 47.8 Å². The first kappa shape index (κ1) is 16.2. The van der Waals surface area contributed by atoms with Crippen LogP contribution in [0.4, 0.5) is 5.69 Å². The van der Waals surface area contributed by atoms with Gasteiger partial charge in [-0.1, -0.05) is 18.2 Å². The lowest BCUT2D eigenvalue weighted by Gasteiger charge is -2.11. The van der Waals surface area contributed by atoms with E-state index in [4.69, 9.17) is 4.74 Å². The van der Waals surface area contributed by atoms with Crippen LogP contribution in [0, 0.1) is 13.8 Å². The van der Waals surface area contributed by atoms with Gasteiger partial charge in [0.2, 0.25) is 0 Å². The van der Waals surface area contributed by atoms with Crippen molar-refractivity contribution < 1.29 is 9.53 Å². The summed E-state index contributed by atoms with van der Waals surface area (Å²) in [5, 5.41) is 5.92. The van der Waals surface area contributed by atoms with E-state index in [0.29, 0.717) is 17.0 Å². The minimum absolute atomic E-state index is 0.173. The van der Waals surface area contributed by atoms with Gasteiger partial charge in [0.25, 0.3) is 5.91 Å². The highest BCUT2D eigenvalue weighted by Gasteiger charge is 2.12. The number of ether oxygens (including phenoxy) is 1. The maximum absolute atomic E-state index is 12.6. The Hall–Kier alpha value is -2.66. The Morgan fingerprint density at radius 1 is 1.17 bits per heavy atom. The molecule has 0 aliphatic rings. The number of carbonyl (C=O) groups is 1. The van der Waals surface area contributed by atoms with E-state index < -0.39 is 0 Å². The van der Waals surface area contributed by atoms with Crippen LogP contribution in [0.5, 0.6) is 5.75 Å². The van der Waals surface area contributed by atoms with Gasteiger partial charge in [0.15, 0.2) is 0 Å². The number of aryl methyl sites for hydroxylation is 2. The molecule has 0 radical (unpaired) electrons. The smallest absolute Gasteiger partial charge is 0.255 e. The second kappa shape index (κ2) is 6.84. The van der Waals surface area contributed by atoms with Crippen LogP contribution in [-0.2, 0) is 0 Å². The molecule has 122 valence electrons. The zero-order chi connectivity index (χ0) is 17.1. The van der Waals surface area contributed by atoms with Crippen LogP contribution in [-0.4, -0.2) is 18.0 Å². The van der Waals surface area contributed by atoms with Crippen LogP contribution in [0.2, 0.25) is 0 Å². The molecule has 0 spiro atoms. The summed E-state index contributed by atoms with van der Waals surface area (Å²) < 4.78 is 5.31. The van der Waals surface area contributed by atoms with Crippen molar-refractivity contribution in [3.8, 4) is 17.0 Å². The number of rotatable bonds is 4. The first-order valence-corrected chi connectivity index (χ1v) is 8.43. The van der Waals surface area contributed by atoms with Gasteiger partial charge in [-0.05, 0) is 43.7 Å². The number of methoxy groups -OCH3 is 1. The Morgan fingerprint density at radius 2 is 2.00 bits per heavy atom. The van der Waals surface area contributed by atoms with Gasteiger partial charge in [-0.2, -0.15) is 0 Å². The zero-order valence-corrected chi connectivity index (χ0v) is 14.6. The van der Waals surface area contributed by atoms with Crippen molar-refractivity contribution in [2.45, 2.75) is 13.8 Å². The van der Waals surface area contributed by atoms with Crippen LogP contribution in [0.1, 0.15) is 20.9 Å². The van der Waals surface area contributed by atoms with Gasteiger partial charge in [0, 0.05) is 16.5 Å². The summed E-state index contributed by atoms with van der Waals surface area (Å²) in [5.41, 5.74) is 4.13. The number of nitrogens with one attached hydrogen (secondary N) is 1. The number of anilines is 1. The summed E-state index contributed by atoms with van der Waals surface area (Å²) in [7, 11) is 1.59. The number of hydrogen-bond donors (Lipinski definition) is 1. The van der Waals surface area contributed by atoms with Gasteiger partial charge in [0.1, 0.15) is 5.75 Å². The van der Waals surface area contributed by atoms with Crippen molar-refractivity contribution in [1.82, 2.24) is 4.98 Å². The number of aromatic nitrogens is 1. The van der Waals surface area contributed by atoms with Gasteiger partial charge in [-0.25, -0.2) is 4.98 Å². The van der Waals surface area contributed by atoms with E-state index in [9.17, 15) is 4.79 Å². The largest absolute Gasteiger partial charge is 0.495 e. The van der Waals surface area contributed by atoms with E-state index in [1.54, 1.807) is 24.5 Å². The lowest BCUT2D eigenvalue weighted by molar-refractivity contribution is 0.102. The van der Waals surface area contributed by atoms with Crippen LogP contribution in [0.3, 0.4) is 0 Å². The summed E-state index contributed by atoms with van der Waals surface area (Å²) >= 11 is 1.59. The number of hydrogen-bond acceptors (Lipinski definition) is 4. The Morgan fingerprint density at radius 3 is 2.71 bits per heavy atom. The number of benzene rings is 2. The van der Waals surface area contributed by atoms with E-state index in [-0.39, 0.29) is 5.91 Å². The van der Waals surface area contributed by atoms with Crippen molar-refractivity contribution >= 4 is 22.9 Å². The lowest BCUT2D eigenvalue weighted by Crippen LogP contribution is -2.12. The molecule has 0 aliphatic carbocycles. The molecule has 0 aliphatic heterocycles. The third-order valence-electron chi connectivity index (χ3n) is 3.64. The predicted molar refractivity (Wildman–Crippen MR) is 98.0 cm³/mol. The molecule has 0 bridgehead atoms. The third kappa shape index (κ3) is 3.46. The highest BCUT2D eigenvalue weighted by Crippen LogP contribution is 2.27. The molecule has 24 heavy (non-hydrogen) atoms. The maximum Gasteiger partial charge on any atom is 0.255 e. The van der Waals surface area contributed by atoms with Crippen molar-refractivity contribution in [1.29, 1.82) is 0 Å². The summed E-state index contributed by atoms with van der Waals surface area (Å²) in [5.74, 6) is 0.466. The predicted octanol–water partition coefficient (Wildman–Crippen LogP) is 4.69. The van der Waals surface area contributed by atoms with E-state index in [1.165, 1.54) is 0 Å². The van der Waals surface area contributed by atoms with E-state index in [1.807, 2.05) is 55.6 Å². The maximum atomic E-state index is 12.6. The molecule has 0 atom stereocenters. The Balaban J connectivity index is 1.87. The molecule has 5 heteroatoms. The fourth-order valence-corrected chi connectivity index (χ4v) is 3.05. The topological polar surface area (TPSA) is 51.2 Å². The van der Waals surface area contributed by atoms with Crippen LogP contribution in [0.25, 0.3) is 11.3 Å². The lowest BCUT2D eigenvalue weighted by atomic mass is 10.1. The van der Waals surface area contributed by atoms with Gasteiger partial charge in [-0.3, -0.25) is 4.79 Å². The number of carbonyl (C=O) groups excluding carboxylic acids is 1. The average molecular weight is 338 g/mol. The van der Waals surface area contributed by atoms with Gasteiger partial charge >= 0.3 is 0 Å². The molecule has 0 unspecified atom stereocenters. The van der Waals surface area contributed by atoms with Crippen LogP contribution >= 0.6 is 11.3 Å². The molecule has 1 aromatic heterocycles. The number of thiazole rings is 1. The molecule has 3 rings (SSSR count). The van der Waals surface area contributed by atoms with Gasteiger partial charge < -0.3 is 10.1 Å². The van der Waals surface area contributed by atoms with Gasteiger partial charge in [-0.15, -0.1) is 11.3 Å². The minimum atomic E-state index is -0.173. The van der Waals surface area contributed by atoms with E-state index in [0.717, 1.165) is 21.8 Å². The zero-order valence-electron chi connectivity index (χ0n) is 13.8. The fourth-order valence-electron chi connectivity index (χ4n) is 2.43.